The van der Waals surface area contributed by atoms with Crippen molar-refractivity contribution in [2.45, 2.75) is 75.8 Å². The number of fused-ring (bicyclic) bond motifs is 1. The van der Waals surface area contributed by atoms with E-state index >= 15 is 0 Å². The Morgan fingerprint density at radius 2 is 1.48 bits per heavy atom. The highest BCUT2D eigenvalue weighted by molar-refractivity contribution is 5.86. The fourth-order valence-corrected chi connectivity index (χ4v) is 5.72. The largest absolute Gasteiger partial charge is 0.338 e. The number of carbonyl (C=O) groups is 1. The third-order valence-electron chi connectivity index (χ3n) is 6.54. The van der Waals surface area contributed by atoms with Gasteiger partial charge in [-0.2, -0.15) is 0 Å². The molecule has 0 spiro atoms. The van der Waals surface area contributed by atoms with Crippen molar-refractivity contribution in [2.75, 3.05) is 6.54 Å². The van der Waals surface area contributed by atoms with Crippen LogP contribution < -0.4 is 5.73 Å². The molecule has 0 aromatic rings. The van der Waals surface area contributed by atoms with Gasteiger partial charge in [-0.25, -0.2) is 0 Å². The van der Waals surface area contributed by atoms with Crippen molar-refractivity contribution in [3.05, 3.63) is 0 Å². The van der Waals surface area contributed by atoms with Crippen LogP contribution in [-0.2, 0) is 4.79 Å². The Morgan fingerprint density at radius 1 is 0.905 bits per heavy atom. The minimum absolute atomic E-state index is 0. The Labute approximate surface area is 134 Å². The Hall–Kier alpha value is -0.280. The molecule has 4 heteroatoms. The number of carbonyl (C=O) groups excluding carboxylic acids is 1. The summed E-state index contributed by atoms with van der Waals surface area (Å²) in [6.07, 6.45) is 12.0. The Balaban J connectivity index is 0.00000132. The lowest BCUT2D eigenvalue weighted by molar-refractivity contribution is -0.141. The first-order chi connectivity index (χ1) is 9.64. The van der Waals surface area contributed by atoms with Gasteiger partial charge in [0.2, 0.25) is 5.91 Å². The molecule has 1 amide bonds. The van der Waals surface area contributed by atoms with Gasteiger partial charge in [0.25, 0.3) is 0 Å². The molecule has 21 heavy (non-hydrogen) atoms. The lowest BCUT2D eigenvalue weighted by Gasteiger charge is -2.42. The van der Waals surface area contributed by atoms with E-state index in [0.29, 0.717) is 11.9 Å². The van der Waals surface area contributed by atoms with Crippen LogP contribution in [0.5, 0.6) is 0 Å². The molecular formula is C17H29ClN2O. The van der Waals surface area contributed by atoms with Crippen molar-refractivity contribution in [1.29, 1.82) is 0 Å². The quantitative estimate of drug-likeness (QED) is 0.808. The zero-order valence-corrected chi connectivity index (χ0v) is 13.7. The van der Waals surface area contributed by atoms with Crippen molar-refractivity contribution in [3.8, 4) is 0 Å². The van der Waals surface area contributed by atoms with Crippen LogP contribution in [0.3, 0.4) is 0 Å². The van der Waals surface area contributed by atoms with E-state index in [4.69, 9.17) is 5.73 Å². The molecule has 4 bridgehead atoms. The monoisotopic (exact) mass is 312 g/mol. The summed E-state index contributed by atoms with van der Waals surface area (Å²) in [4.78, 5) is 15.3. The first-order valence-electron chi connectivity index (χ1n) is 8.74. The zero-order chi connectivity index (χ0) is 13.7. The van der Waals surface area contributed by atoms with Gasteiger partial charge in [-0.05, 0) is 62.7 Å². The second-order valence-electron chi connectivity index (χ2n) is 8.10. The van der Waals surface area contributed by atoms with Crippen LogP contribution >= 0.6 is 12.4 Å². The Kier molecular flexibility index (Phi) is 4.26. The fraction of sp³-hybridized carbons (Fsp3) is 0.941. The van der Waals surface area contributed by atoms with Crippen LogP contribution in [0.1, 0.15) is 64.2 Å². The molecule has 3 nitrogen and oxygen atoms in total. The third kappa shape index (κ3) is 2.72. The van der Waals surface area contributed by atoms with E-state index in [1.54, 1.807) is 0 Å². The predicted octanol–water partition coefficient (Wildman–Crippen LogP) is 3.11. The SMILES string of the molecule is Cl.NC1(C(=O)N2CC3CC4CC(C3)CC2C4)CCCCC1. The van der Waals surface area contributed by atoms with E-state index in [1.807, 2.05) is 0 Å². The van der Waals surface area contributed by atoms with Crippen molar-refractivity contribution >= 4 is 18.3 Å². The molecule has 2 atom stereocenters. The molecule has 5 rings (SSSR count). The average Bonchev–Trinajstić information content (AvgIpc) is 2.63. The summed E-state index contributed by atoms with van der Waals surface area (Å²) >= 11 is 0. The number of nitrogens with two attached hydrogens (primary N) is 1. The lowest BCUT2D eigenvalue weighted by atomic mass is 9.68. The summed E-state index contributed by atoms with van der Waals surface area (Å²) in [6.45, 7) is 1.01. The summed E-state index contributed by atoms with van der Waals surface area (Å²) in [5.74, 6) is 2.86. The van der Waals surface area contributed by atoms with Crippen LogP contribution in [-0.4, -0.2) is 28.9 Å². The van der Waals surface area contributed by atoms with E-state index in [9.17, 15) is 4.79 Å². The highest BCUT2D eigenvalue weighted by Gasteiger charge is 2.47. The van der Waals surface area contributed by atoms with Crippen LogP contribution in [0.25, 0.3) is 0 Å². The van der Waals surface area contributed by atoms with Gasteiger partial charge >= 0.3 is 0 Å². The Bertz CT molecular complexity index is 394. The second kappa shape index (κ2) is 5.73. The van der Waals surface area contributed by atoms with Gasteiger partial charge in [-0.15, -0.1) is 12.4 Å². The number of hydrogen-bond donors (Lipinski definition) is 1. The van der Waals surface area contributed by atoms with Crippen LogP contribution in [0.4, 0.5) is 0 Å². The minimum Gasteiger partial charge on any atom is -0.338 e. The van der Waals surface area contributed by atoms with Gasteiger partial charge in [0.15, 0.2) is 0 Å². The van der Waals surface area contributed by atoms with E-state index in [-0.39, 0.29) is 12.4 Å². The fourth-order valence-electron chi connectivity index (χ4n) is 5.72. The van der Waals surface area contributed by atoms with Crippen molar-refractivity contribution in [1.82, 2.24) is 4.90 Å². The van der Waals surface area contributed by atoms with Crippen LogP contribution in [0.2, 0.25) is 0 Å². The zero-order valence-electron chi connectivity index (χ0n) is 12.9. The molecular weight excluding hydrogens is 284 g/mol. The van der Waals surface area contributed by atoms with E-state index in [2.05, 4.69) is 4.90 Å². The number of rotatable bonds is 1. The molecule has 2 unspecified atom stereocenters. The van der Waals surface area contributed by atoms with Crippen molar-refractivity contribution < 1.29 is 4.79 Å². The molecule has 0 radical (unpaired) electrons. The molecule has 120 valence electrons. The molecule has 0 aromatic heterocycles. The van der Waals surface area contributed by atoms with Gasteiger partial charge in [0, 0.05) is 12.6 Å². The summed E-state index contributed by atoms with van der Waals surface area (Å²) in [7, 11) is 0. The van der Waals surface area contributed by atoms with Gasteiger partial charge < -0.3 is 10.6 Å². The van der Waals surface area contributed by atoms with Crippen LogP contribution in [0.15, 0.2) is 0 Å². The normalized spacial score (nSPS) is 40.5. The molecule has 5 aliphatic rings. The molecule has 2 heterocycles. The summed E-state index contributed by atoms with van der Waals surface area (Å²) in [6, 6.07) is 0.515. The van der Waals surface area contributed by atoms with Crippen molar-refractivity contribution in [3.63, 3.8) is 0 Å². The standard InChI is InChI=1S/C17H28N2O.ClH/c18-17(4-2-1-3-5-17)16(20)19-11-14-7-12-6-13(8-14)10-15(19)9-12;/h12-15H,1-11,18H2;1H. The minimum atomic E-state index is -0.528. The molecule has 5 fully saturated rings. The van der Waals surface area contributed by atoms with E-state index in [0.717, 1.165) is 50.0 Å². The van der Waals surface area contributed by atoms with Gasteiger partial charge in [0.1, 0.15) is 0 Å². The summed E-state index contributed by atoms with van der Waals surface area (Å²) < 4.78 is 0. The number of amides is 1. The number of halogens is 1. The summed E-state index contributed by atoms with van der Waals surface area (Å²) in [5, 5.41) is 0. The molecule has 2 N–H and O–H groups in total. The average molecular weight is 313 g/mol. The Morgan fingerprint density at radius 3 is 2.10 bits per heavy atom. The van der Waals surface area contributed by atoms with Crippen LogP contribution in [0, 0.1) is 17.8 Å². The maximum Gasteiger partial charge on any atom is 0.242 e. The maximum absolute atomic E-state index is 13.1. The van der Waals surface area contributed by atoms with Gasteiger partial charge in [0.05, 0.1) is 5.54 Å². The molecule has 2 aliphatic heterocycles. The first kappa shape index (κ1) is 15.6. The topological polar surface area (TPSA) is 46.3 Å². The molecule has 2 saturated heterocycles. The first-order valence-corrected chi connectivity index (χ1v) is 8.74. The third-order valence-corrected chi connectivity index (χ3v) is 6.54. The van der Waals surface area contributed by atoms with Gasteiger partial charge in [-0.1, -0.05) is 19.3 Å². The van der Waals surface area contributed by atoms with E-state index in [1.165, 1.54) is 38.5 Å². The molecule has 3 saturated carbocycles. The lowest BCUT2D eigenvalue weighted by Crippen LogP contribution is -2.59. The van der Waals surface area contributed by atoms with Gasteiger partial charge in [-0.3, -0.25) is 4.79 Å². The molecule has 0 aromatic carbocycles. The van der Waals surface area contributed by atoms with E-state index < -0.39 is 5.54 Å². The number of nitrogens with zero attached hydrogens (tertiary/aromatic N) is 1. The predicted molar refractivity (Wildman–Crippen MR) is 86.3 cm³/mol. The maximum atomic E-state index is 13.1. The smallest absolute Gasteiger partial charge is 0.242 e. The van der Waals surface area contributed by atoms with Crippen molar-refractivity contribution in [2.24, 2.45) is 23.5 Å². The second-order valence-corrected chi connectivity index (χ2v) is 8.10. The highest BCUT2D eigenvalue weighted by atomic mass is 35.5. The molecule has 3 aliphatic carbocycles. The number of hydrogen-bond acceptors (Lipinski definition) is 2. The summed E-state index contributed by atoms with van der Waals surface area (Å²) in [5.41, 5.74) is 5.99. The highest BCUT2D eigenvalue weighted by Crippen LogP contribution is 2.48.